The Morgan fingerprint density at radius 1 is 0.952 bits per heavy atom. The van der Waals surface area contributed by atoms with E-state index >= 15 is 0 Å². The summed E-state index contributed by atoms with van der Waals surface area (Å²) in [5.74, 6) is 0.851. The minimum atomic E-state index is -0.357. The third-order valence-electron chi connectivity index (χ3n) is 4.21. The maximum atomic E-state index is 6.06. The molecule has 0 bridgehead atoms. The van der Waals surface area contributed by atoms with E-state index in [9.17, 15) is 0 Å². The summed E-state index contributed by atoms with van der Waals surface area (Å²) in [6.07, 6.45) is 4.45. The van der Waals surface area contributed by atoms with Gasteiger partial charge in [-0.15, -0.1) is 0 Å². The van der Waals surface area contributed by atoms with E-state index in [1.807, 2.05) is 6.92 Å². The zero-order chi connectivity index (χ0) is 15.9. The molecule has 0 aromatic carbocycles. The van der Waals surface area contributed by atoms with Crippen molar-refractivity contribution >= 4 is 0 Å². The summed E-state index contributed by atoms with van der Waals surface area (Å²) in [6, 6.07) is 0. The van der Waals surface area contributed by atoms with Crippen LogP contribution in [0.4, 0.5) is 0 Å². The molecule has 0 radical (unpaired) electrons. The quantitative estimate of drug-likeness (QED) is 0.759. The molecule has 1 aromatic heterocycles. The molecule has 0 atom stereocenters. The van der Waals surface area contributed by atoms with Gasteiger partial charge >= 0.3 is 0 Å². The van der Waals surface area contributed by atoms with Crippen molar-refractivity contribution in [2.75, 3.05) is 13.2 Å². The van der Waals surface area contributed by atoms with Gasteiger partial charge in [-0.3, -0.25) is 0 Å². The average Bonchev–Trinajstić information content (AvgIpc) is 2.53. The first-order valence-electron chi connectivity index (χ1n) is 8.35. The molecule has 1 rings (SSSR count). The van der Waals surface area contributed by atoms with Crippen LogP contribution in [0.25, 0.3) is 0 Å². The van der Waals surface area contributed by atoms with Gasteiger partial charge in [0.2, 0.25) is 0 Å². The molecule has 0 unspecified atom stereocenters. The van der Waals surface area contributed by atoms with Gasteiger partial charge in [0.15, 0.2) is 5.82 Å². The molecule has 120 valence electrons. The first-order chi connectivity index (χ1) is 10.1. The highest BCUT2D eigenvalue weighted by Gasteiger charge is 2.33. The van der Waals surface area contributed by atoms with E-state index in [2.05, 4.69) is 27.7 Å². The van der Waals surface area contributed by atoms with Gasteiger partial charge in [-0.25, -0.2) is 9.97 Å². The largest absolute Gasteiger partial charge is 0.367 e. The van der Waals surface area contributed by atoms with Gasteiger partial charge in [0.05, 0.1) is 0 Å². The van der Waals surface area contributed by atoms with E-state index < -0.39 is 0 Å². The van der Waals surface area contributed by atoms with Crippen LogP contribution >= 0.6 is 0 Å². The zero-order valence-electron chi connectivity index (χ0n) is 14.3. The lowest BCUT2D eigenvalue weighted by atomic mass is 9.94. The fraction of sp³-hybridized carbons (Fsp3) is 0.765. The smallest absolute Gasteiger partial charge is 0.160 e. The Morgan fingerprint density at radius 3 is 1.81 bits per heavy atom. The van der Waals surface area contributed by atoms with Crippen molar-refractivity contribution in [2.45, 2.75) is 72.3 Å². The molecule has 0 amide bonds. The molecule has 21 heavy (non-hydrogen) atoms. The number of nitrogens with two attached hydrogens (primary N) is 1. The summed E-state index contributed by atoms with van der Waals surface area (Å²) in [7, 11) is 0. The molecule has 4 heteroatoms. The minimum Gasteiger partial charge on any atom is -0.367 e. The summed E-state index contributed by atoms with van der Waals surface area (Å²) in [5, 5.41) is 0. The topological polar surface area (TPSA) is 61.0 Å². The maximum Gasteiger partial charge on any atom is 0.160 e. The van der Waals surface area contributed by atoms with E-state index in [0.29, 0.717) is 13.2 Å². The molecule has 0 aliphatic heterocycles. The van der Waals surface area contributed by atoms with Gasteiger partial charge in [-0.05, 0) is 51.1 Å². The van der Waals surface area contributed by atoms with E-state index in [-0.39, 0.29) is 5.60 Å². The highest BCUT2D eigenvalue weighted by molar-refractivity contribution is 5.28. The van der Waals surface area contributed by atoms with E-state index in [1.54, 1.807) is 0 Å². The Morgan fingerprint density at radius 2 is 1.48 bits per heavy atom. The van der Waals surface area contributed by atoms with Gasteiger partial charge in [0, 0.05) is 18.0 Å². The van der Waals surface area contributed by atoms with Crippen LogP contribution in [-0.4, -0.2) is 23.1 Å². The Hall–Kier alpha value is -1.00. The van der Waals surface area contributed by atoms with Crippen LogP contribution in [0.5, 0.6) is 0 Å². The van der Waals surface area contributed by atoms with Crippen molar-refractivity contribution in [3.05, 3.63) is 22.8 Å². The number of hydrogen-bond acceptors (Lipinski definition) is 4. The minimum absolute atomic E-state index is 0.357. The van der Waals surface area contributed by atoms with Gasteiger partial charge in [0.25, 0.3) is 0 Å². The van der Waals surface area contributed by atoms with Gasteiger partial charge in [-0.2, -0.15) is 0 Å². The highest BCUT2D eigenvalue weighted by atomic mass is 16.5. The number of ether oxygens (including phenoxy) is 1. The fourth-order valence-corrected chi connectivity index (χ4v) is 2.91. The highest BCUT2D eigenvalue weighted by Crippen LogP contribution is 2.32. The lowest BCUT2D eigenvalue weighted by Crippen LogP contribution is -2.32. The van der Waals surface area contributed by atoms with Crippen molar-refractivity contribution < 1.29 is 4.74 Å². The van der Waals surface area contributed by atoms with Gasteiger partial charge < -0.3 is 10.5 Å². The normalized spacial score (nSPS) is 11.9. The molecule has 0 aliphatic rings. The second-order valence-electron chi connectivity index (χ2n) is 5.30. The number of aromatic nitrogens is 2. The van der Waals surface area contributed by atoms with Gasteiger partial charge in [-0.1, -0.05) is 27.7 Å². The molecule has 0 aliphatic carbocycles. The molecule has 0 saturated heterocycles. The number of hydrogen-bond donors (Lipinski definition) is 1. The van der Waals surface area contributed by atoms with Crippen LogP contribution in [0, 0.1) is 0 Å². The number of aryl methyl sites for hydroxylation is 2. The predicted molar refractivity (Wildman–Crippen MR) is 87.4 cm³/mol. The second kappa shape index (κ2) is 8.44. The molecule has 4 nitrogen and oxygen atoms in total. The summed E-state index contributed by atoms with van der Waals surface area (Å²) < 4.78 is 6.06. The molecule has 0 spiro atoms. The molecule has 0 saturated carbocycles. The Bertz CT molecular complexity index is 417. The Balaban J connectivity index is 3.42. The standard InChI is InChI=1S/C17H31N3O/c1-6-14-13(11-12-18)15(7-2)20-16(19-14)17(8-3,9-4)21-10-5/h6-12,18H2,1-5H3. The first-order valence-corrected chi connectivity index (χ1v) is 8.35. The SMILES string of the molecule is CCOC(CC)(CC)c1nc(CC)c(CCN)c(CC)n1. The summed E-state index contributed by atoms with van der Waals surface area (Å²) >= 11 is 0. The first kappa shape index (κ1) is 18.1. The fourth-order valence-electron chi connectivity index (χ4n) is 2.91. The molecule has 2 N–H and O–H groups in total. The average molecular weight is 293 g/mol. The van der Waals surface area contributed by atoms with Crippen LogP contribution in [0.15, 0.2) is 0 Å². The van der Waals surface area contributed by atoms with Crippen LogP contribution in [0.1, 0.15) is 70.2 Å². The second-order valence-corrected chi connectivity index (χ2v) is 5.30. The Kier molecular flexibility index (Phi) is 7.26. The Labute approximate surface area is 129 Å². The van der Waals surface area contributed by atoms with Crippen LogP contribution in [-0.2, 0) is 29.6 Å². The molecule has 1 heterocycles. The summed E-state index contributed by atoms with van der Waals surface area (Å²) in [4.78, 5) is 9.72. The van der Waals surface area contributed by atoms with Crippen molar-refractivity contribution in [3.8, 4) is 0 Å². The number of nitrogens with zero attached hydrogens (tertiary/aromatic N) is 2. The molecule has 0 fully saturated rings. The monoisotopic (exact) mass is 293 g/mol. The van der Waals surface area contributed by atoms with E-state index in [4.69, 9.17) is 20.4 Å². The molecule has 1 aromatic rings. The van der Waals surface area contributed by atoms with Crippen molar-refractivity contribution in [1.82, 2.24) is 9.97 Å². The summed E-state index contributed by atoms with van der Waals surface area (Å²) in [6.45, 7) is 11.9. The van der Waals surface area contributed by atoms with Crippen LogP contribution in [0.3, 0.4) is 0 Å². The number of rotatable bonds is 9. The summed E-state index contributed by atoms with van der Waals surface area (Å²) in [5.41, 5.74) is 8.90. The lowest BCUT2D eigenvalue weighted by Gasteiger charge is -2.31. The van der Waals surface area contributed by atoms with Crippen LogP contribution in [0.2, 0.25) is 0 Å². The molecular weight excluding hydrogens is 262 g/mol. The van der Waals surface area contributed by atoms with Crippen molar-refractivity contribution in [1.29, 1.82) is 0 Å². The van der Waals surface area contributed by atoms with E-state index in [1.165, 1.54) is 5.56 Å². The predicted octanol–water partition coefficient (Wildman–Crippen LogP) is 3.15. The third kappa shape index (κ3) is 3.80. The zero-order valence-corrected chi connectivity index (χ0v) is 14.3. The maximum absolute atomic E-state index is 6.06. The van der Waals surface area contributed by atoms with Crippen LogP contribution < -0.4 is 5.73 Å². The van der Waals surface area contributed by atoms with Crippen molar-refractivity contribution in [2.24, 2.45) is 5.73 Å². The van der Waals surface area contributed by atoms with Crippen molar-refractivity contribution in [3.63, 3.8) is 0 Å². The van der Waals surface area contributed by atoms with E-state index in [0.717, 1.165) is 49.3 Å². The van der Waals surface area contributed by atoms with Gasteiger partial charge in [0.1, 0.15) is 5.60 Å². The third-order valence-corrected chi connectivity index (χ3v) is 4.21. The lowest BCUT2D eigenvalue weighted by molar-refractivity contribution is -0.0574. The molecular formula is C17H31N3O.